The van der Waals surface area contributed by atoms with E-state index in [1.165, 1.54) is 52.7 Å². The average Bonchev–Trinajstić information content (AvgIpc) is 3.94. The van der Waals surface area contributed by atoms with Crippen LogP contribution in [0.15, 0.2) is 35.9 Å². The van der Waals surface area contributed by atoms with Gasteiger partial charge >= 0.3 is 12.1 Å². The summed E-state index contributed by atoms with van der Waals surface area (Å²) in [6.45, 7) is 12.8. The summed E-state index contributed by atoms with van der Waals surface area (Å²) >= 11 is 7.70. The fraction of sp³-hybridized carbons (Fsp3) is 0.640. The number of allylic oxidation sites excluding steroid dienone is 3. The molecule has 2 saturated heterocycles. The van der Waals surface area contributed by atoms with E-state index in [1.807, 2.05) is 26.8 Å². The Labute approximate surface area is 439 Å². The lowest BCUT2D eigenvalue weighted by Gasteiger charge is -2.42. The van der Waals surface area contributed by atoms with E-state index in [0.29, 0.717) is 42.3 Å². The summed E-state index contributed by atoms with van der Waals surface area (Å²) in [7, 11) is 8.90. The first-order valence-corrected chi connectivity index (χ1v) is 27.7. The van der Waals surface area contributed by atoms with Crippen LogP contribution in [-0.4, -0.2) is 150 Å². The highest BCUT2D eigenvalue weighted by Crippen LogP contribution is 2.61. The van der Waals surface area contributed by atoms with Gasteiger partial charge in [-0.1, -0.05) is 103 Å². The summed E-state index contributed by atoms with van der Waals surface area (Å²) < 4.78 is 23.3. The van der Waals surface area contributed by atoms with E-state index in [1.54, 1.807) is 59.0 Å². The molecule has 1 aromatic carbocycles. The Morgan fingerprint density at radius 2 is 1.75 bits per heavy atom. The predicted molar refractivity (Wildman–Crippen MR) is 278 cm³/mol. The number of imide groups is 1. The fourth-order valence-corrected chi connectivity index (χ4v) is 12.3. The molecule has 0 spiro atoms. The number of methoxy groups -OCH3 is 2. The van der Waals surface area contributed by atoms with Crippen LogP contribution in [0, 0.1) is 22.7 Å². The molecule has 1 unspecified atom stereocenters. The number of halogens is 1. The normalized spacial score (nSPS) is 28.4. The standard InChI is InChI=1S/C50H70ClN5O13S3/c1-28-13-12-14-37(67-11)50(65)27-35(68-47(64)53-50)29(2)32-26-49(32,7)38(25-41(59)55(9)33-22-31(21-28)23-34(66-10)43(33)51)69-45(62)30(3)54(8)40(58)16-19-70-71-20-17-52-39(57)15-18-56-42(60)24-36(44(56)61)72-46(63)48(4,5)6/h12-14,22-23,29-30,32,35-38,65H,15-21,24-27H2,1-11H3,(H,52,57)(H,53,64)/b14-12+,28-13+/t29-,30-,32-,35-,36?,37+,38-,49-,50-/m0/s1. The number of amides is 6. The zero-order valence-electron chi connectivity index (χ0n) is 43.0. The van der Waals surface area contributed by atoms with Crippen molar-refractivity contribution in [2.75, 3.05) is 57.8 Å². The van der Waals surface area contributed by atoms with Crippen LogP contribution in [0.25, 0.3) is 0 Å². The van der Waals surface area contributed by atoms with Crippen molar-refractivity contribution in [1.29, 1.82) is 0 Å². The van der Waals surface area contributed by atoms with Gasteiger partial charge in [-0.25, -0.2) is 9.59 Å². The first kappa shape index (κ1) is 58.6. The van der Waals surface area contributed by atoms with E-state index in [4.69, 9.17) is 30.5 Å². The van der Waals surface area contributed by atoms with Crippen LogP contribution >= 0.6 is 45.0 Å². The number of anilines is 1. The molecule has 4 aliphatic rings. The van der Waals surface area contributed by atoms with Crippen molar-refractivity contribution in [2.24, 2.45) is 22.7 Å². The molecule has 9 atom stereocenters. The number of ether oxygens (including phenoxy) is 4. The number of thioether (sulfide) groups is 1. The largest absolute Gasteiger partial charge is 0.495 e. The van der Waals surface area contributed by atoms with Crippen molar-refractivity contribution in [3.8, 4) is 5.75 Å². The van der Waals surface area contributed by atoms with E-state index >= 15 is 0 Å². The molecule has 22 heteroatoms. The van der Waals surface area contributed by atoms with Crippen LogP contribution in [0.5, 0.6) is 5.75 Å². The number of nitrogens with one attached hydrogen (secondary N) is 2. The van der Waals surface area contributed by atoms with Crippen molar-refractivity contribution < 1.29 is 62.4 Å². The molecular formula is C50H70ClN5O13S3. The number of alkyl carbamates (subject to hydrolysis) is 1. The van der Waals surface area contributed by atoms with Crippen LogP contribution in [-0.2, 0) is 54.2 Å². The maximum Gasteiger partial charge on any atom is 0.409 e. The number of rotatable bonds is 16. The van der Waals surface area contributed by atoms with E-state index in [2.05, 4.69) is 10.6 Å². The Morgan fingerprint density at radius 3 is 2.42 bits per heavy atom. The van der Waals surface area contributed by atoms with Gasteiger partial charge in [0.15, 0.2) is 10.8 Å². The molecule has 5 rings (SSSR count). The smallest absolute Gasteiger partial charge is 0.409 e. The van der Waals surface area contributed by atoms with Crippen LogP contribution in [0.1, 0.15) is 92.6 Å². The second-order valence-corrected chi connectivity index (χ2v) is 24.5. The topological polar surface area (TPSA) is 227 Å². The number of carbonyl (C=O) groups is 8. The summed E-state index contributed by atoms with van der Waals surface area (Å²) in [6.07, 6.45) is 2.42. The third-order valence-electron chi connectivity index (χ3n) is 13.9. The van der Waals surface area contributed by atoms with Crippen molar-refractivity contribution in [3.05, 3.63) is 46.5 Å². The monoisotopic (exact) mass is 1080 g/mol. The highest BCUT2D eigenvalue weighted by molar-refractivity contribution is 8.76. The Morgan fingerprint density at radius 1 is 1.06 bits per heavy atom. The number of carbonyl (C=O) groups excluding carboxylic acids is 8. The summed E-state index contributed by atoms with van der Waals surface area (Å²) in [5.74, 6) is -1.92. The SMILES string of the molecule is COc1cc2cc(c1Cl)N(C)C(=O)C[C@H](OC(=O)[C@H](C)N(C)C(=O)CCSSCCNC(=O)CCN1C(=O)CC(SC(=O)C(C)(C)C)C1=O)[C@@]1(C)C[C@H]1[C@H](C)[C@@H]1C[C@@](O)(NC(=O)O1)[C@H](OC)/C=C/C=C(\C)C2. The fourth-order valence-electron chi connectivity index (χ4n) is 9.02. The molecule has 3 aliphatic heterocycles. The minimum atomic E-state index is -1.82. The van der Waals surface area contributed by atoms with Crippen LogP contribution in [0.2, 0.25) is 5.02 Å². The van der Waals surface area contributed by atoms with Gasteiger partial charge in [0.1, 0.15) is 40.4 Å². The van der Waals surface area contributed by atoms with E-state index < -0.39 is 75.9 Å². The Balaban J connectivity index is 1.19. The van der Waals surface area contributed by atoms with Gasteiger partial charge in [0, 0.05) is 82.3 Å². The summed E-state index contributed by atoms with van der Waals surface area (Å²) in [5.41, 5.74) is -1.14. The van der Waals surface area contributed by atoms with Crippen LogP contribution in [0.3, 0.4) is 0 Å². The van der Waals surface area contributed by atoms with Crippen molar-refractivity contribution in [3.63, 3.8) is 0 Å². The molecule has 3 heterocycles. The maximum absolute atomic E-state index is 14.4. The van der Waals surface area contributed by atoms with Gasteiger partial charge in [-0.15, -0.1) is 0 Å². The summed E-state index contributed by atoms with van der Waals surface area (Å²) in [4.78, 5) is 109. The lowest BCUT2D eigenvalue weighted by atomic mass is 9.83. The molecule has 1 saturated carbocycles. The molecule has 1 aromatic rings. The number of esters is 1. The number of hydrogen-bond donors (Lipinski definition) is 3. The molecular weight excluding hydrogens is 1010 g/mol. The average molecular weight is 1080 g/mol. The third kappa shape index (κ3) is 14.5. The molecule has 3 N–H and O–H groups in total. The van der Waals surface area contributed by atoms with Gasteiger partial charge < -0.3 is 39.2 Å². The minimum Gasteiger partial charge on any atom is -0.495 e. The Bertz CT molecular complexity index is 2310. The molecule has 0 radical (unpaired) electrons. The number of hydrogen-bond acceptors (Lipinski definition) is 16. The first-order valence-electron chi connectivity index (χ1n) is 24.0. The van der Waals surface area contributed by atoms with Crippen molar-refractivity contribution in [2.45, 2.75) is 129 Å². The number of aliphatic hydroxyl groups is 1. The molecule has 3 fully saturated rings. The third-order valence-corrected chi connectivity index (χ3v) is 18.1. The Kier molecular flexibility index (Phi) is 20.2. The zero-order chi connectivity index (χ0) is 53.5. The van der Waals surface area contributed by atoms with E-state index in [-0.39, 0.29) is 72.4 Å². The van der Waals surface area contributed by atoms with Crippen molar-refractivity contribution in [1.82, 2.24) is 20.4 Å². The highest BCUT2D eigenvalue weighted by Gasteiger charge is 2.62. The molecule has 6 amide bonds. The van der Waals surface area contributed by atoms with Gasteiger partial charge in [-0.2, -0.15) is 0 Å². The number of likely N-dealkylation sites (tertiary alicyclic amines) is 1. The summed E-state index contributed by atoms with van der Waals surface area (Å²) in [6, 6.07) is 2.57. The number of likely N-dealkylation sites (N-methyl/N-ethyl adjacent to an activating group) is 1. The predicted octanol–water partition coefficient (Wildman–Crippen LogP) is 6.09. The Hall–Kier alpha value is -4.28. The molecule has 18 nitrogen and oxygen atoms in total. The highest BCUT2D eigenvalue weighted by atomic mass is 35.5. The maximum atomic E-state index is 14.4. The number of nitrogens with zero attached hydrogens (tertiary/aromatic N) is 3. The quantitative estimate of drug-likeness (QED) is 0.0736. The van der Waals surface area contributed by atoms with Crippen LogP contribution < -0.4 is 20.3 Å². The van der Waals surface area contributed by atoms with Gasteiger partial charge in [0.2, 0.25) is 29.5 Å². The number of fused-ring (bicyclic) bond motifs is 5. The first-order chi connectivity index (χ1) is 33.7. The van der Waals surface area contributed by atoms with Gasteiger partial charge in [-0.3, -0.25) is 39.0 Å². The van der Waals surface area contributed by atoms with Crippen molar-refractivity contribution >= 4 is 97.4 Å². The van der Waals surface area contributed by atoms with Gasteiger partial charge in [0.05, 0.1) is 19.2 Å². The summed E-state index contributed by atoms with van der Waals surface area (Å²) in [5, 5.41) is 16.5. The number of benzene rings is 1. The zero-order valence-corrected chi connectivity index (χ0v) is 46.2. The molecule has 398 valence electrons. The molecule has 0 aromatic heterocycles. The van der Waals surface area contributed by atoms with Gasteiger partial charge in [-0.05, 0) is 56.2 Å². The minimum absolute atomic E-state index is 0.0109. The second-order valence-electron chi connectivity index (χ2n) is 20.2. The van der Waals surface area contributed by atoms with Crippen LogP contribution in [0.4, 0.5) is 10.5 Å². The van der Waals surface area contributed by atoms with Gasteiger partial charge in [0.25, 0.3) is 0 Å². The second kappa shape index (κ2) is 24.8. The molecule has 1 aliphatic carbocycles. The molecule has 4 bridgehead atoms. The van der Waals surface area contributed by atoms with E-state index in [0.717, 1.165) is 27.8 Å². The molecule has 72 heavy (non-hydrogen) atoms. The van der Waals surface area contributed by atoms with E-state index in [9.17, 15) is 43.5 Å². The lowest BCUT2D eigenvalue weighted by Crippen LogP contribution is -2.63. The lowest BCUT2D eigenvalue weighted by molar-refractivity contribution is -0.163.